The molecule has 0 aromatic heterocycles. The van der Waals surface area contributed by atoms with Crippen LogP contribution < -0.4 is 20.1 Å². The Morgan fingerprint density at radius 1 is 1.23 bits per heavy atom. The van der Waals surface area contributed by atoms with Gasteiger partial charge in [-0.05, 0) is 42.9 Å². The van der Waals surface area contributed by atoms with E-state index in [9.17, 15) is 9.59 Å². The Bertz CT molecular complexity index is 865. The standard InChI is InChI=1S/C23H30ClN3O4/c1-13-17(24)4-3-15-22(13)26-18-6-7-27(10-16(18)23(15)29)11-21(28)25-9-14-2-5-19-20(8-14)31-12-30-19/h2,5,8,13,15-18,22,26H,3-4,6-7,9-12H2,1H3,(H,25,28). The number of Topliss-reactive ketones (excluding diaryl/α,β-unsaturated/α-hetero) is 1. The summed E-state index contributed by atoms with van der Waals surface area (Å²) >= 11 is 6.47. The fraction of sp³-hybridized carbons (Fsp3) is 0.652. The van der Waals surface area contributed by atoms with Gasteiger partial charge in [-0.15, -0.1) is 11.6 Å². The highest BCUT2D eigenvalue weighted by atomic mass is 35.5. The van der Waals surface area contributed by atoms with Crippen molar-refractivity contribution in [3.8, 4) is 11.5 Å². The van der Waals surface area contributed by atoms with Crippen molar-refractivity contribution >= 4 is 23.3 Å². The van der Waals surface area contributed by atoms with Crippen LogP contribution in [0.5, 0.6) is 11.5 Å². The van der Waals surface area contributed by atoms with Crippen LogP contribution in [0.25, 0.3) is 0 Å². The number of ketones is 1. The van der Waals surface area contributed by atoms with Gasteiger partial charge in [-0.25, -0.2) is 0 Å². The number of nitrogens with zero attached hydrogens (tertiary/aromatic N) is 1. The molecule has 0 radical (unpaired) electrons. The van der Waals surface area contributed by atoms with Crippen molar-refractivity contribution in [2.24, 2.45) is 17.8 Å². The molecular formula is C23H30ClN3O4. The molecule has 6 unspecified atom stereocenters. The summed E-state index contributed by atoms with van der Waals surface area (Å²) in [7, 11) is 0. The van der Waals surface area contributed by atoms with Crippen molar-refractivity contribution in [1.29, 1.82) is 0 Å². The summed E-state index contributed by atoms with van der Waals surface area (Å²) in [5.41, 5.74) is 0.970. The predicted molar refractivity (Wildman–Crippen MR) is 116 cm³/mol. The van der Waals surface area contributed by atoms with Crippen LogP contribution in [0.15, 0.2) is 18.2 Å². The third kappa shape index (κ3) is 4.15. The van der Waals surface area contributed by atoms with Crippen LogP contribution in [-0.2, 0) is 16.1 Å². The maximum absolute atomic E-state index is 13.2. The predicted octanol–water partition coefficient (Wildman–Crippen LogP) is 1.92. The molecule has 7 nitrogen and oxygen atoms in total. The molecule has 0 spiro atoms. The summed E-state index contributed by atoms with van der Waals surface area (Å²) < 4.78 is 10.7. The van der Waals surface area contributed by atoms with Gasteiger partial charge in [-0.3, -0.25) is 14.5 Å². The number of carbonyl (C=O) groups is 2. The lowest BCUT2D eigenvalue weighted by molar-refractivity contribution is -0.138. The molecule has 1 saturated carbocycles. The van der Waals surface area contributed by atoms with E-state index in [-0.39, 0.29) is 42.0 Å². The lowest BCUT2D eigenvalue weighted by Crippen LogP contribution is -2.66. The van der Waals surface area contributed by atoms with Crippen molar-refractivity contribution < 1.29 is 19.1 Å². The summed E-state index contributed by atoms with van der Waals surface area (Å²) in [4.78, 5) is 27.9. The van der Waals surface area contributed by atoms with E-state index in [4.69, 9.17) is 21.1 Å². The first kappa shape index (κ1) is 21.0. The van der Waals surface area contributed by atoms with E-state index >= 15 is 0 Å². The zero-order chi connectivity index (χ0) is 21.5. The number of rotatable bonds is 4. The summed E-state index contributed by atoms with van der Waals surface area (Å²) in [6.07, 6.45) is 2.66. The van der Waals surface area contributed by atoms with Crippen molar-refractivity contribution in [1.82, 2.24) is 15.5 Å². The quantitative estimate of drug-likeness (QED) is 0.686. The van der Waals surface area contributed by atoms with Gasteiger partial charge in [0.25, 0.3) is 0 Å². The number of ether oxygens (including phenoxy) is 2. The molecule has 168 valence electrons. The van der Waals surface area contributed by atoms with E-state index in [0.717, 1.165) is 37.1 Å². The zero-order valence-corrected chi connectivity index (χ0v) is 18.6. The number of likely N-dealkylation sites (tertiary alicyclic amines) is 1. The molecule has 5 rings (SSSR count). The van der Waals surface area contributed by atoms with Crippen molar-refractivity contribution in [3.05, 3.63) is 23.8 Å². The molecule has 2 saturated heterocycles. The highest BCUT2D eigenvalue weighted by Crippen LogP contribution is 2.40. The maximum atomic E-state index is 13.2. The highest BCUT2D eigenvalue weighted by Gasteiger charge is 2.49. The van der Waals surface area contributed by atoms with Gasteiger partial charge in [0, 0.05) is 48.9 Å². The number of alkyl halides is 1. The number of nitrogens with one attached hydrogen (secondary N) is 2. The van der Waals surface area contributed by atoms with Crippen LogP contribution in [0.3, 0.4) is 0 Å². The van der Waals surface area contributed by atoms with E-state index in [0.29, 0.717) is 37.1 Å². The molecule has 3 aliphatic heterocycles. The van der Waals surface area contributed by atoms with Crippen molar-refractivity contribution in [3.63, 3.8) is 0 Å². The van der Waals surface area contributed by atoms with E-state index in [1.54, 1.807) is 0 Å². The van der Waals surface area contributed by atoms with Gasteiger partial charge >= 0.3 is 0 Å². The molecule has 1 aliphatic carbocycles. The Morgan fingerprint density at radius 2 is 2.06 bits per heavy atom. The molecule has 3 heterocycles. The molecule has 6 atom stereocenters. The van der Waals surface area contributed by atoms with Gasteiger partial charge < -0.3 is 20.1 Å². The molecule has 2 N–H and O–H groups in total. The molecule has 1 amide bonds. The van der Waals surface area contributed by atoms with Crippen LogP contribution in [0, 0.1) is 17.8 Å². The monoisotopic (exact) mass is 447 g/mol. The number of carbonyl (C=O) groups excluding carboxylic acids is 2. The minimum absolute atomic E-state index is 0.0264. The van der Waals surface area contributed by atoms with Gasteiger partial charge in [-0.1, -0.05) is 13.0 Å². The average Bonchev–Trinajstić information content (AvgIpc) is 3.24. The smallest absolute Gasteiger partial charge is 0.234 e. The number of benzene rings is 1. The average molecular weight is 448 g/mol. The largest absolute Gasteiger partial charge is 0.454 e. The third-order valence-electron chi connectivity index (χ3n) is 7.45. The second-order valence-corrected chi connectivity index (χ2v) is 9.92. The van der Waals surface area contributed by atoms with Crippen LogP contribution in [0.2, 0.25) is 0 Å². The topological polar surface area (TPSA) is 79.9 Å². The Hall–Kier alpha value is -1.83. The van der Waals surface area contributed by atoms with Gasteiger partial charge in [0.2, 0.25) is 12.7 Å². The fourth-order valence-electron chi connectivity index (χ4n) is 5.64. The summed E-state index contributed by atoms with van der Waals surface area (Å²) in [6.45, 7) is 4.62. The normalized spacial score (nSPS) is 34.7. The first-order valence-corrected chi connectivity index (χ1v) is 11.7. The van der Waals surface area contributed by atoms with Crippen molar-refractivity contribution in [2.45, 2.75) is 50.2 Å². The number of hydrogen-bond acceptors (Lipinski definition) is 6. The molecule has 1 aromatic rings. The molecule has 0 bridgehead atoms. The highest BCUT2D eigenvalue weighted by molar-refractivity contribution is 6.21. The molecular weight excluding hydrogens is 418 g/mol. The van der Waals surface area contributed by atoms with E-state index < -0.39 is 0 Å². The molecule has 4 aliphatic rings. The Morgan fingerprint density at radius 3 is 2.94 bits per heavy atom. The Labute approximate surface area is 187 Å². The minimum atomic E-state index is -0.0317. The SMILES string of the molecule is CC1C(Cl)CCC2C(=O)C3CN(CC(=O)NCc4ccc5c(c4)OCO5)CCC3NC21. The zero-order valence-electron chi connectivity index (χ0n) is 17.8. The first-order chi connectivity index (χ1) is 15.0. The van der Waals surface area contributed by atoms with E-state index in [1.807, 2.05) is 18.2 Å². The van der Waals surface area contributed by atoms with Gasteiger partial charge in [-0.2, -0.15) is 0 Å². The first-order valence-electron chi connectivity index (χ1n) is 11.3. The maximum Gasteiger partial charge on any atom is 0.234 e. The third-order valence-corrected chi connectivity index (χ3v) is 8.07. The van der Waals surface area contributed by atoms with Crippen molar-refractivity contribution in [2.75, 3.05) is 26.4 Å². The number of piperidine rings is 2. The minimum Gasteiger partial charge on any atom is -0.454 e. The molecule has 31 heavy (non-hydrogen) atoms. The number of hydrogen-bond donors (Lipinski definition) is 2. The van der Waals surface area contributed by atoms with E-state index in [2.05, 4.69) is 22.5 Å². The fourth-order valence-corrected chi connectivity index (χ4v) is 5.93. The van der Waals surface area contributed by atoms with Crippen LogP contribution in [0.4, 0.5) is 0 Å². The lowest BCUT2D eigenvalue weighted by Gasteiger charge is -2.50. The summed E-state index contributed by atoms with van der Waals surface area (Å²) in [6, 6.07) is 6.08. The Kier molecular flexibility index (Phi) is 5.84. The number of fused-ring (bicyclic) bond motifs is 3. The Balaban J connectivity index is 1.14. The van der Waals surface area contributed by atoms with Crippen LogP contribution >= 0.6 is 11.6 Å². The van der Waals surface area contributed by atoms with Gasteiger partial charge in [0.05, 0.1) is 6.54 Å². The second kappa shape index (κ2) is 8.60. The summed E-state index contributed by atoms with van der Waals surface area (Å²) in [5.74, 6) is 2.14. The van der Waals surface area contributed by atoms with Crippen LogP contribution in [-0.4, -0.2) is 60.5 Å². The molecule has 3 fully saturated rings. The van der Waals surface area contributed by atoms with Gasteiger partial charge in [0.1, 0.15) is 5.78 Å². The van der Waals surface area contributed by atoms with Gasteiger partial charge in [0.15, 0.2) is 11.5 Å². The lowest BCUT2D eigenvalue weighted by atomic mass is 9.67. The number of amides is 1. The molecule has 8 heteroatoms. The van der Waals surface area contributed by atoms with Crippen LogP contribution in [0.1, 0.15) is 31.7 Å². The second-order valence-electron chi connectivity index (χ2n) is 9.35. The summed E-state index contributed by atoms with van der Waals surface area (Å²) in [5, 5.41) is 6.88. The number of halogens is 1. The van der Waals surface area contributed by atoms with E-state index in [1.165, 1.54) is 0 Å². The molecule has 1 aromatic carbocycles.